The van der Waals surface area contributed by atoms with E-state index in [1.165, 1.54) is 49.8 Å². The first-order chi connectivity index (χ1) is 16.1. The molecule has 4 rings (SSSR count). The highest BCUT2D eigenvalue weighted by atomic mass is 19.1. The molecule has 0 radical (unpaired) electrons. The van der Waals surface area contributed by atoms with E-state index in [0.717, 1.165) is 35.8 Å². The summed E-state index contributed by atoms with van der Waals surface area (Å²) in [4.78, 5) is 0. The lowest BCUT2D eigenvalue weighted by atomic mass is 9.75. The summed E-state index contributed by atoms with van der Waals surface area (Å²) < 4.78 is 27.6. The smallest absolute Gasteiger partial charge is 0.130 e. The van der Waals surface area contributed by atoms with E-state index in [1.54, 1.807) is 24.3 Å². The number of benzene rings is 3. The zero-order chi connectivity index (χ0) is 23.0. The van der Waals surface area contributed by atoms with E-state index in [2.05, 4.69) is 37.3 Å². The van der Waals surface area contributed by atoms with Crippen molar-refractivity contribution in [1.82, 2.24) is 0 Å². The summed E-state index contributed by atoms with van der Waals surface area (Å²) in [6.45, 7) is 2.36. The zero-order valence-corrected chi connectivity index (χ0v) is 19.5. The van der Waals surface area contributed by atoms with Crippen LogP contribution in [0.25, 0.3) is 12.2 Å². The molecule has 2 heteroatoms. The van der Waals surface area contributed by atoms with Crippen LogP contribution in [-0.2, 0) is 6.42 Å². The standard InChI is InChI=1S/C31H34F2/c1-23(28-5-3-2-4-6-28)21-26-10-7-24(8-11-26)9-12-27-14-18-29(31(33)22-27)17-13-25-15-19-30(32)20-16-25/h2-6,13-20,22-24,26H,7-12,21H2,1H3/t23-,24?,26?/m1/s1. The van der Waals surface area contributed by atoms with E-state index in [0.29, 0.717) is 11.5 Å². The molecule has 0 amide bonds. The van der Waals surface area contributed by atoms with Crippen LogP contribution in [0.1, 0.15) is 73.6 Å². The monoisotopic (exact) mass is 444 g/mol. The van der Waals surface area contributed by atoms with Crippen LogP contribution in [0, 0.1) is 23.5 Å². The van der Waals surface area contributed by atoms with Gasteiger partial charge in [-0.25, -0.2) is 8.78 Å². The van der Waals surface area contributed by atoms with Gasteiger partial charge in [-0.2, -0.15) is 0 Å². The van der Waals surface area contributed by atoms with Crippen LogP contribution >= 0.6 is 0 Å². The first-order valence-corrected chi connectivity index (χ1v) is 12.3. The van der Waals surface area contributed by atoms with Gasteiger partial charge in [0, 0.05) is 5.56 Å². The molecule has 172 valence electrons. The van der Waals surface area contributed by atoms with Gasteiger partial charge in [0.15, 0.2) is 0 Å². The first-order valence-electron chi connectivity index (χ1n) is 12.3. The van der Waals surface area contributed by atoms with Crippen molar-refractivity contribution in [3.8, 4) is 0 Å². The Labute approximate surface area is 197 Å². The van der Waals surface area contributed by atoms with Gasteiger partial charge in [0.05, 0.1) is 0 Å². The van der Waals surface area contributed by atoms with Crippen LogP contribution in [0.3, 0.4) is 0 Å². The van der Waals surface area contributed by atoms with Crippen LogP contribution in [0.5, 0.6) is 0 Å². The van der Waals surface area contributed by atoms with Crippen molar-refractivity contribution < 1.29 is 8.78 Å². The highest BCUT2D eigenvalue weighted by molar-refractivity contribution is 5.69. The summed E-state index contributed by atoms with van der Waals surface area (Å²) in [5, 5.41) is 0. The SMILES string of the molecule is C[C@H](CC1CCC(CCc2ccc(C=Cc3ccc(F)cc3)c(F)c2)CC1)c1ccccc1. The van der Waals surface area contributed by atoms with Crippen molar-refractivity contribution in [2.75, 3.05) is 0 Å². The van der Waals surface area contributed by atoms with Crippen molar-refractivity contribution in [2.45, 2.75) is 57.8 Å². The third kappa shape index (κ3) is 6.87. The number of aryl methyl sites for hydroxylation is 1. The second kappa shape index (κ2) is 11.4. The van der Waals surface area contributed by atoms with Crippen molar-refractivity contribution in [3.05, 3.63) is 107 Å². The van der Waals surface area contributed by atoms with Crippen molar-refractivity contribution in [2.24, 2.45) is 11.8 Å². The average molecular weight is 445 g/mol. The summed E-state index contributed by atoms with van der Waals surface area (Å²) in [5.74, 6) is 1.77. The van der Waals surface area contributed by atoms with E-state index >= 15 is 0 Å². The van der Waals surface area contributed by atoms with E-state index in [4.69, 9.17) is 0 Å². The fraction of sp³-hybridized carbons (Fsp3) is 0.355. The molecular formula is C31H34F2. The van der Waals surface area contributed by atoms with Crippen molar-refractivity contribution in [3.63, 3.8) is 0 Å². The van der Waals surface area contributed by atoms with Gasteiger partial charge in [-0.3, -0.25) is 0 Å². The molecular weight excluding hydrogens is 410 g/mol. The second-order valence-electron chi connectivity index (χ2n) is 9.71. The minimum atomic E-state index is -0.266. The van der Waals surface area contributed by atoms with Crippen LogP contribution in [0.4, 0.5) is 8.78 Å². The maximum atomic E-state index is 14.6. The molecule has 0 bridgehead atoms. The first kappa shape index (κ1) is 23.4. The van der Waals surface area contributed by atoms with Crippen LogP contribution in [0.2, 0.25) is 0 Å². The van der Waals surface area contributed by atoms with Crippen molar-refractivity contribution >= 4 is 12.2 Å². The Morgan fingerprint density at radius 1 is 0.818 bits per heavy atom. The zero-order valence-electron chi connectivity index (χ0n) is 19.5. The fourth-order valence-corrected chi connectivity index (χ4v) is 5.17. The summed E-state index contributed by atoms with van der Waals surface area (Å²) >= 11 is 0. The Morgan fingerprint density at radius 3 is 2.21 bits per heavy atom. The molecule has 3 aromatic rings. The third-order valence-corrected chi connectivity index (χ3v) is 7.25. The normalized spacial score (nSPS) is 19.6. The lowest BCUT2D eigenvalue weighted by Crippen LogP contribution is -2.17. The lowest BCUT2D eigenvalue weighted by Gasteiger charge is -2.30. The Hall–Kier alpha value is -2.74. The Balaban J connectivity index is 1.23. The number of hydrogen-bond acceptors (Lipinski definition) is 0. The van der Waals surface area contributed by atoms with Crippen LogP contribution < -0.4 is 0 Å². The van der Waals surface area contributed by atoms with E-state index in [1.807, 2.05) is 18.2 Å². The quantitative estimate of drug-likeness (QED) is 0.304. The molecule has 33 heavy (non-hydrogen) atoms. The largest absolute Gasteiger partial charge is 0.207 e. The molecule has 1 aliphatic rings. The maximum absolute atomic E-state index is 14.6. The highest BCUT2D eigenvalue weighted by Gasteiger charge is 2.23. The van der Waals surface area contributed by atoms with Gasteiger partial charge < -0.3 is 0 Å². The molecule has 0 unspecified atom stereocenters. The molecule has 0 aromatic heterocycles. The Morgan fingerprint density at radius 2 is 1.52 bits per heavy atom. The molecule has 0 saturated heterocycles. The summed E-state index contributed by atoms with van der Waals surface area (Å²) in [6, 6.07) is 22.6. The third-order valence-electron chi connectivity index (χ3n) is 7.25. The molecule has 0 aliphatic heterocycles. The number of rotatable bonds is 8. The van der Waals surface area contributed by atoms with Gasteiger partial charge in [0.2, 0.25) is 0 Å². The summed E-state index contributed by atoms with van der Waals surface area (Å²) in [5.41, 5.74) is 3.95. The van der Waals surface area contributed by atoms with Crippen LogP contribution in [0.15, 0.2) is 72.8 Å². The second-order valence-corrected chi connectivity index (χ2v) is 9.71. The molecule has 3 aromatic carbocycles. The summed E-state index contributed by atoms with van der Waals surface area (Å²) in [7, 11) is 0. The van der Waals surface area contributed by atoms with E-state index in [-0.39, 0.29) is 11.6 Å². The minimum absolute atomic E-state index is 0.190. The average Bonchev–Trinajstić information content (AvgIpc) is 2.84. The Bertz CT molecular complexity index is 1030. The topological polar surface area (TPSA) is 0 Å². The van der Waals surface area contributed by atoms with Gasteiger partial charge in [-0.15, -0.1) is 0 Å². The summed E-state index contributed by atoms with van der Waals surface area (Å²) in [6.07, 6.45) is 12.2. The van der Waals surface area contributed by atoms with Crippen LogP contribution in [-0.4, -0.2) is 0 Å². The number of halogens is 2. The van der Waals surface area contributed by atoms with Gasteiger partial charge in [-0.05, 0) is 71.9 Å². The molecule has 1 aliphatic carbocycles. The molecule has 0 nitrogen and oxygen atoms in total. The highest BCUT2D eigenvalue weighted by Crippen LogP contribution is 2.37. The molecule has 1 saturated carbocycles. The predicted octanol–water partition coefficient (Wildman–Crippen LogP) is 9.07. The number of hydrogen-bond donors (Lipinski definition) is 0. The molecule has 0 heterocycles. The van der Waals surface area contributed by atoms with E-state index in [9.17, 15) is 8.78 Å². The molecule has 0 N–H and O–H groups in total. The van der Waals surface area contributed by atoms with Gasteiger partial charge in [-0.1, -0.05) is 99.4 Å². The lowest BCUT2D eigenvalue weighted by molar-refractivity contribution is 0.245. The molecule has 1 atom stereocenters. The van der Waals surface area contributed by atoms with E-state index < -0.39 is 0 Å². The molecule has 0 spiro atoms. The maximum Gasteiger partial charge on any atom is 0.130 e. The predicted molar refractivity (Wildman–Crippen MR) is 135 cm³/mol. The minimum Gasteiger partial charge on any atom is -0.207 e. The van der Waals surface area contributed by atoms with Gasteiger partial charge >= 0.3 is 0 Å². The molecule has 1 fully saturated rings. The Kier molecular flexibility index (Phi) is 8.10. The van der Waals surface area contributed by atoms with Gasteiger partial charge in [0.1, 0.15) is 11.6 Å². The van der Waals surface area contributed by atoms with Crippen molar-refractivity contribution in [1.29, 1.82) is 0 Å². The fourth-order valence-electron chi connectivity index (χ4n) is 5.17. The van der Waals surface area contributed by atoms with Gasteiger partial charge in [0.25, 0.3) is 0 Å².